The van der Waals surface area contributed by atoms with Crippen molar-refractivity contribution in [3.8, 4) is 5.75 Å². The number of carbonyl (C=O) groups is 7. The van der Waals surface area contributed by atoms with Crippen LogP contribution in [0.1, 0.15) is 103 Å². The van der Waals surface area contributed by atoms with Gasteiger partial charge in [0.2, 0.25) is 5.69 Å². The van der Waals surface area contributed by atoms with Crippen LogP contribution in [0.4, 0.5) is 5.69 Å². The second-order valence-electron chi connectivity index (χ2n) is 28.7. The number of aromatic nitrogens is 15. The summed E-state index contributed by atoms with van der Waals surface area (Å²) in [6.07, 6.45) is 12.1. The highest BCUT2D eigenvalue weighted by atomic mass is 32.1. The Morgan fingerprint density at radius 2 is 0.863 bits per heavy atom. The van der Waals surface area contributed by atoms with Crippen molar-refractivity contribution in [1.29, 1.82) is 0 Å². The maximum atomic E-state index is 11.9. The van der Waals surface area contributed by atoms with Gasteiger partial charge in [-0.1, -0.05) is 109 Å². The van der Waals surface area contributed by atoms with Crippen LogP contribution in [-0.2, 0) is 9.47 Å². The average Bonchev–Trinajstić information content (AvgIpc) is 1.59. The highest BCUT2D eigenvalue weighted by Gasteiger charge is 2.21. The molecule has 22 aromatic rings. The van der Waals surface area contributed by atoms with Crippen molar-refractivity contribution in [3.63, 3.8) is 0 Å². The number of ether oxygens (including phenoxy) is 3. The largest absolute Gasteiger partial charge is 0.497 e. The summed E-state index contributed by atoms with van der Waals surface area (Å²) in [7, 11) is 3.28. The van der Waals surface area contributed by atoms with Crippen LogP contribution in [0.15, 0.2) is 261 Å². The number of methoxy groups -OCH3 is 1. The van der Waals surface area contributed by atoms with Crippen molar-refractivity contribution in [2.75, 3.05) is 27.4 Å². The topological polar surface area (TPSA) is 478 Å². The van der Waals surface area contributed by atoms with Crippen molar-refractivity contribution in [2.24, 2.45) is 22.9 Å². The first-order valence-electron chi connectivity index (χ1n) is 40.6. The molecule has 15 heterocycles. The van der Waals surface area contributed by atoms with Crippen LogP contribution in [0.5, 0.6) is 5.75 Å². The number of H-pyrrole nitrogens is 6. The predicted molar refractivity (Wildman–Crippen MR) is 514 cm³/mol. The molecule has 0 bridgehead atoms. The van der Waals surface area contributed by atoms with Crippen LogP contribution in [-0.4, -0.2) is 144 Å². The Hall–Kier alpha value is -17.5. The van der Waals surface area contributed by atoms with Gasteiger partial charge in [-0.3, -0.25) is 43.9 Å². The lowest BCUT2D eigenvalue weighted by atomic mass is 10.1. The minimum Gasteiger partial charge on any atom is -0.497 e. The molecule has 15 N–H and O–H groups in total. The number of hydrogen-bond acceptors (Lipinski definition) is 21. The lowest BCUT2D eigenvalue weighted by molar-refractivity contribution is 0.0510. The standard InChI is InChI=1S/C15H13N3O3.C14H12N2O2.C13H11N3O.C13H12N2O.C12H10N2.C11H8N2.C8H6N2OS.C7H5N3O.C5H6N2OS/c1-2-21-15(20)11-7-9-8-5-3-4-6-10(8)17-12(9)13(18-11)14(16)19;1-2-18-14(17)12-7-10-9-5-3-4-6-11(9)16-13(10)8-15-12;1-14-13(17)11-6-9-8-4-2-3-5-10(8)16-12(9)7-15-11;1-8-13-11(5-6-14-8)10-4-3-9(16-2)7-12(10)15-13;1-8-12-10(6-7-13-8)9-4-2-3-5-11(9)14-12;1-2-4-10-8(3-1)9-5-6-12-7-11(9)13-10;9-7(11)8-10-5-3-1-2-4-6(5)12-8;1-9-5-2-3-6(7(8)11)10-4-5;1-3-2-9-5(7-3)4(6)8/h3-7,17H,2H2,1H3,(H2,16,19);3-8,16H,2H2,1H3;2-7,16H,1H3,(H,14,17);3-7,15H,1-2H3;2-7,14H,1H3;1-7,13H;1-4H,(H2,9,11);2-4H,(H2,8,11);2H,1H3,(H2,6,8). The number of aromatic amines is 6. The summed E-state index contributed by atoms with van der Waals surface area (Å²) in [6, 6.07) is 68.0. The molecule has 0 fully saturated rings. The van der Waals surface area contributed by atoms with Gasteiger partial charge in [-0.25, -0.2) is 39.4 Å². The van der Waals surface area contributed by atoms with Crippen LogP contribution in [0.2, 0.25) is 0 Å². The molecule has 652 valence electrons. The summed E-state index contributed by atoms with van der Waals surface area (Å²) in [4.78, 5) is 138. The Kier molecular flexibility index (Phi) is 28.1. The Labute approximate surface area is 752 Å². The van der Waals surface area contributed by atoms with E-state index < -0.39 is 29.6 Å². The van der Waals surface area contributed by atoms with E-state index in [9.17, 15) is 33.6 Å². The summed E-state index contributed by atoms with van der Waals surface area (Å²) in [5.41, 5.74) is 37.6. The van der Waals surface area contributed by atoms with Crippen molar-refractivity contribution >= 4 is 211 Å². The van der Waals surface area contributed by atoms with E-state index in [1.807, 2.05) is 185 Å². The van der Waals surface area contributed by atoms with Gasteiger partial charge in [-0.05, 0) is 132 Å². The number of nitrogens with one attached hydrogen (secondary N) is 7. The molecule has 0 saturated carbocycles. The van der Waals surface area contributed by atoms with Crippen molar-refractivity contribution < 1.29 is 47.8 Å². The summed E-state index contributed by atoms with van der Waals surface area (Å²) in [5.74, 6) is -2.46. The van der Waals surface area contributed by atoms with E-state index in [1.54, 1.807) is 57.9 Å². The van der Waals surface area contributed by atoms with E-state index in [0.29, 0.717) is 39.2 Å². The van der Waals surface area contributed by atoms with E-state index in [0.717, 1.165) is 115 Å². The normalized spacial score (nSPS) is 10.6. The third-order valence-electron chi connectivity index (χ3n) is 20.2. The van der Waals surface area contributed by atoms with Gasteiger partial charge in [-0.15, -0.1) is 22.7 Å². The zero-order valence-electron chi connectivity index (χ0n) is 71.4. The number of para-hydroxylation sites is 6. The molecule has 33 heteroatoms. The van der Waals surface area contributed by atoms with E-state index in [-0.39, 0.29) is 35.6 Å². The summed E-state index contributed by atoms with van der Waals surface area (Å²) in [5, 5.41) is 18.4. The Morgan fingerprint density at radius 1 is 0.405 bits per heavy atom. The fourth-order valence-corrected chi connectivity index (χ4v) is 15.6. The van der Waals surface area contributed by atoms with Crippen LogP contribution in [0, 0.1) is 27.3 Å². The SMILES string of the molecule is CCOC(=O)c1cc2c([nH]c3ccccc32)c(C(N)=O)n1.CCOC(=O)c1cc2c(cn1)[nH]c1ccccc12.CNC(=O)c1cc2c(cn1)[nH]c1ccccc12.COc1ccc2c(c1)[nH]c1c(C)nccc12.Cc1csc(C(N)=O)n1.Cc1nccc2c1[nH]c1ccccc12.NC(=O)c1nc2ccccc2s1.[C-]#[N+]c1ccc(C(N)=O)nc1.c1ccc2c(c1)[nH]c1cnccc12. The maximum absolute atomic E-state index is 11.9. The molecule has 15 aromatic heterocycles. The molecule has 7 aromatic carbocycles. The van der Waals surface area contributed by atoms with Gasteiger partial charge in [-0.2, -0.15) is 0 Å². The monoisotopic (exact) mass is 1780 g/mol. The molecule has 0 aliphatic rings. The molecule has 0 radical (unpaired) electrons. The van der Waals surface area contributed by atoms with Gasteiger partial charge in [0.15, 0.2) is 15.7 Å². The molecule has 0 spiro atoms. The molecule has 0 aliphatic heterocycles. The number of rotatable bonds is 10. The predicted octanol–water partition coefficient (Wildman–Crippen LogP) is 18.4. The third-order valence-corrected chi connectivity index (χ3v) is 22.3. The molecule has 5 amide bonds. The minimum absolute atomic E-state index is 0.0340. The number of nitrogens with two attached hydrogens (primary N) is 4. The van der Waals surface area contributed by atoms with Crippen LogP contribution < -0.4 is 33.0 Å². The number of esters is 2. The van der Waals surface area contributed by atoms with Gasteiger partial charge in [0.1, 0.15) is 28.5 Å². The van der Waals surface area contributed by atoms with E-state index in [2.05, 4.69) is 133 Å². The highest BCUT2D eigenvalue weighted by Crippen LogP contribution is 2.33. The molecule has 0 unspecified atom stereocenters. The number of hydrogen-bond donors (Lipinski definition) is 11. The van der Waals surface area contributed by atoms with Crippen molar-refractivity contribution in [2.45, 2.75) is 34.6 Å². The van der Waals surface area contributed by atoms with Gasteiger partial charge >= 0.3 is 11.9 Å². The van der Waals surface area contributed by atoms with E-state index >= 15 is 0 Å². The van der Waals surface area contributed by atoms with Gasteiger partial charge in [0.25, 0.3) is 29.5 Å². The van der Waals surface area contributed by atoms with Gasteiger partial charge in [0, 0.05) is 141 Å². The third kappa shape index (κ3) is 20.7. The van der Waals surface area contributed by atoms with Gasteiger partial charge < -0.3 is 72.4 Å². The smallest absolute Gasteiger partial charge is 0.356 e. The van der Waals surface area contributed by atoms with Crippen LogP contribution in [0.25, 0.3) is 146 Å². The highest BCUT2D eigenvalue weighted by molar-refractivity contribution is 7.20. The molecule has 0 saturated heterocycles. The lowest BCUT2D eigenvalue weighted by Gasteiger charge is -2.04. The first-order valence-corrected chi connectivity index (χ1v) is 42.3. The molecule has 22 rings (SSSR count). The van der Waals surface area contributed by atoms with E-state index in [1.165, 1.54) is 84.4 Å². The van der Waals surface area contributed by atoms with Crippen LogP contribution >= 0.6 is 22.7 Å². The first-order chi connectivity index (χ1) is 63.5. The Balaban J connectivity index is 0.000000120. The second kappa shape index (κ2) is 41.1. The number of aryl methyl sites for hydroxylation is 3. The number of carbonyl (C=O) groups excluding carboxylic acids is 7. The molecule has 0 aliphatic carbocycles. The van der Waals surface area contributed by atoms with Crippen LogP contribution in [0.3, 0.4) is 0 Å². The number of nitrogens with zero attached hydrogens (tertiary/aromatic N) is 10. The number of pyridine rings is 7. The first kappa shape index (κ1) is 89.8. The zero-order valence-corrected chi connectivity index (χ0v) is 73.1. The number of fused-ring (bicyclic) bond motifs is 19. The summed E-state index contributed by atoms with van der Waals surface area (Å²) >= 11 is 2.59. The lowest BCUT2D eigenvalue weighted by Crippen LogP contribution is -2.18. The second-order valence-corrected chi connectivity index (χ2v) is 30.6. The molecule has 131 heavy (non-hydrogen) atoms. The number of thiazole rings is 2. The van der Waals surface area contributed by atoms with Gasteiger partial charge in [0.05, 0.1) is 106 Å². The zero-order chi connectivity index (χ0) is 92.4. The van der Waals surface area contributed by atoms with E-state index in [4.69, 9.17) is 43.7 Å². The van der Waals surface area contributed by atoms with Crippen molar-refractivity contribution in [1.82, 2.24) is 80.1 Å². The maximum Gasteiger partial charge on any atom is 0.356 e. The summed E-state index contributed by atoms with van der Waals surface area (Å²) < 4.78 is 16.1. The molecular formula is C98H83N21O10S2. The number of primary amides is 4. The average molecular weight is 1780 g/mol. The molecular weight excluding hydrogens is 1700 g/mol. The van der Waals surface area contributed by atoms with Crippen molar-refractivity contribution in [3.05, 3.63) is 328 Å². The fourth-order valence-electron chi connectivity index (χ4n) is 14.1. The number of benzene rings is 7. The quantitative estimate of drug-likeness (QED) is 0.0447. The Bertz CT molecular complexity index is 7980. The Morgan fingerprint density at radius 3 is 1.36 bits per heavy atom. The molecule has 31 nitrogen and oxygen atoms in total. The minimum atomic E-state index is -0.697. The number of amides is 5. The summed E-state index contributed by atoms with van der Waals surface area (Å²) in [6.45, 7) is 16.5. The molecule has 0 atom stereocenters. The fraction of sp³-hybridized carbons (Fsp3) is 0.0918.